The molecule has 0 fully saturated rings. The molecule has 7 nitrogen and oxygen atoms in total. The minimum atomic E-state index is -0.976. The Bertz CT molecular complexity index is 1640. The van der Waals surface area contributed by atoms with Gasteiger partial charge in [0.05, 0.1) is 24.5 Å². The fraction of sp³-hybridized carbons (Fsp3) is 0.242. The molecule has 0 aromatic heterocycles. The maximum atomic E-state index is 14.4. The van der Waals surface area contributed by atoms with Gasteiger partial charge >= 0.3 is 0 Å². The summed E-state index contributed by atoms with van der Waals surface area (Å²) in [4.78, 5) is 44.6. The van der Waals surface area contributed by atoms with Crippen LogP contribution in [0.2, 0.25) is 5.02 Å². The van der Waals surface area contributed by atoms with E-state index >= 15 is 0 Å². The lowest BCUT2D eigenvalue weighted by atomic mass is 9.99. The molecule has 0 unspecified atom stereocenters. The normalized spacial score (nSPS) is 15.4. The van der Waals surface area contributed by atoms with Crippen LogP contribution in [-0.4, -0.2) is 30.3 Å². The quantitative estimate of drug-likeness (QED) is 0.245. The van der Waals surface area contributed by atoms with Crippen LogP contribution in [0.25, 0.3) is 10.8 Å². The van der Waals surface area contributed by atoms with E-state index in [1.54, 1.807) is 47.4 Å². The zero-order valence-corrected chi connectivity index (χ0v) is 25.3. The number of hydrogen-bond donors (Lipinski definition) is 2. The Morgan fingerprint density at radius 1 is 1.02 bits per heavy atom. The molecule has 4 aromatic carbocycles. The van der Waals surface area contributed by atoms with Crippen molar-refractivity contribution in [3.05, 3.63) is 101 Å². The number of nitrogens with one attached hydrogen (secondary N) is 1. The van der Waals surface area contributed by atoms with Gasteiger partial charge in [-0.3, -0.25) is 14.4 Å². The number of nitrogens with zero attached hydrogens (tertiary/aromatic N) is 2. The molecule has 0 saturated carbocycles. The van der Waals surface area contributed by atoms with Crippen molar-refractivity contribution < 1.29 is 14.4 Å². The minimum absolute atomic E-state index is 0. The first-order valence-corrected chi connectivity index (χ1v) is 14.1. The average molecular weight is 606 g/mol. The molecule has 1 aliphatic rings. The third kappa shape index (κ3) is 6.08. The van der Waals surface area contributed by atoms with Gasteiger partial charge < -0.3 is 20.9 Å². The Labute approximate surface area is 257 Å². The smallest absolute Gasteiger partial charge is 0.258 e. The van der Waals surface area contributed by atoms with E-state index in [0.29, 0.717) is 34.1 Å². The maximum Gasteiger partial charge on any atom is 0.258 e. The van der Waals surface area contributed by atoms with E-state index in [2.05, 4.69) is 11.4 Å². The molecular weight excluding hydrogens is 571 g/mol. The van der Waals surface area contributed by atoms with E-state index < -0.39 is 6.04 Å². The Kier molecular flexibility index (Phi) is 9.44. The fourth-order valence-corrected chi connectivity index (χ4v) is 5.33. The second-order valence-electron chi connectivity index (χ2n) is 10.5. The third-order valence-electron chi connectivity index (χ3n) is 7.82. The van der Waals surface area contributed by atoms with Crippen LogP contribution in [0.15, 0.2) is 78.9 Å². The summed E-state index contributed by atoms with van der Waals surface area (Å²) in [6, 6.07) is 23.0. The number of benzene rings is 4. The highest BCUT2D eigenvalue weighted by molar-refractivity contribution is 6.31. The van der Waals surface area contributed by atoms with Gasteiger partial charge in [-0.1, -0.05) is 61.8 Å². The molecule has 0 saturated heterocycles. The van der Waals surface area contributed by atoms with Crippen LogP contribution in [0.4, 0.5) is 17.1 Å². The van der Waals surface area contributed by atoms with Crippen molar-refractivity contribution in [1.29, 1.82) is 0 Å². The molecule has 4 aromatic rings. The second kappa shape index (κ2) is 12.8. The first-order valence-electron chi connectivity index (χ1n) is 13.7. The molecule has 0 spiro atoms. The van der Waals surface area contributed by atoms with Crippen LogP contribution in [0.3, 0.4) is 0 Å². The Balaban J connectivity index is 0.00000405. The van der Waals surface area contributed by atoms with Crippen LogP contribution in [-0.2, 0) is 16.1 Å². The molecule has 3 amide bonds. The van der Waals surface area contributed by atoms with Crippen molar-refractivity contribution >= 4 is 69.6 Å². The van der Waals surface area contributed by atoms with Crippen molar-refractivity contribution in [2.75, 3.05) is 22.1 Å². The van der Waals surface area contributed by atoms with Crippen LogP contribution < -0.4 is 20.9 Å². The highest BCUT2D eigenvalue weighted by Gasteiger charge is 2.38. The SMILES string of the molecule is CC[C@@H](C)C(=O)N[C@H]1CN(C(=O)c2ccc(N)cc2)c2cc(Cl)ccc2N(Cc2c(C)ccc3ccccc23)C1=O.Cl. The summed E-state index contributed by atoms with van der Waals surface area (Å²) in [7, 11) is 0. The van der Waals surface area contributed by atoms with Crippen molar-refractivity contribution in [1.82, 2.24) is 5.32 Å². The largest absolute Gasteiger partial charge is 0.399 e. The van der Waals surface area contributed by atoms with E-state index in [0.717, 1.165) is 21.9 Å². The van der Waals surface area contributed by atoms with E-state index in [4.69, 9.17) is 17.3 Å². The van der Waals surface area contributed by atoms with Crippen molar-refractivity contribution in [2.24, 2.45) is 5.92 Å². The summed E-state index contributed by atoms with van der Waals surface area (Å²) in [5.74, 6) is -1.16. The number of carbonyl (C=O) groups is 3. The molecule has 2 atom stereocenters. The number of nitrogens with two attached hydrogens (primary N) is 1. The summed E-state index contributed by atoms with van der Waals surface area (Å²) < 4.78 is 0. The van der Waals surface area contributed by atoms with E-state index in [1.165, 1.54) is 4.90 Å². The zero-order chi connectivity index (χ0) is 29.3. The van der Waals surface area contributed by atoms with Gasteiger partial charge in [-0.25, -0.2) is 0 Å². The third-order valence-corrected chi connectivity index (χ3v) is 8.05. The summed E-state index contributed by atoms with van der Waals surface area (Å²) in [6.45, 7) is 5.96. The lowest BCUT2D eigenvalue weighted by Gasteiger charge is -2.27. The summed E-state index contributed by atoms with van der Waals surface area (Å²) in [5, 5.41) is 5.47. The fourth-order valence-electron chi connectivity index (χ4n) is 5.16. The predicted molar refractivity (Wildman–Crippen MR) is 172 cm³/mol. The topological polar surface area (TPSA) is 95.7 Å². The number of nitrogen functional groups attached to an aromatic ring is 1. The summed E-state index contributed by atoms with van der Waals surface area (Å²) >= 11 is 6.47. The number of fused-ring (bicyclic) bond motifs is 2. The van der Waals surface area contributed by atoms with Gasteiger partial charge in [-0.05, 0) is 77.7 Å². The number of hydrogen-bond acceptors (Lipinski definition) is 4. The molecule has 0 bridgehead atoms. The van der Waals surface area contributed by atoms with Gasteiger partial charge in [0.15, 0.2) is 0 Å². The summed E-state index contributed by atoms with van der Waals surface area (Å²) in [6.07, 6.45) is 0.621. The Morgan fingerprint density at radius 2 is 1.74 bits per heavy atom. The molecule has 5 rings (SSSR count). The highest BCUT2D eigenvalue weighted by Crippen LogP contribution is 2.38. The lowest BCUT2D eigenvalue weighted by Crippen LogP contribution is -2.53. The average Bonchev–Trinajstić information content (AvgIpc) is 3.08. The second-order valence-corrected chi connectivity index (χ2v) is 11.0. The van der Waals surface area contributed by atoms with Crippen LogP contribution >= 0.6 is 24.0 Å². The zero-order valence-electron chi connectivity index (χ0n) is 23.8. The number of carbonyl (C=O) groups excluding carboxylic acids is 3. The first kappa shape index (κ1) is 30.9. The maximum absolute atomic E-state index is 14.4. The van der Waals surface area contributed by atoms with Crippen molar-refractivity contribution in [2.45, 2.75) is 39.8 Å². The van der Waals surface area contributed by atoms with Gasteiger partial charge in [0.25, 0.3) is 11.8 Å². The molecule has 1 aliphatic heterocycles. The van der Waals surface area contributed by atoms with E-state index in [1.807, 2.05) is 51.1 Å². The molecule has 218 valence electrons. The number of aryl methyl sites for hydroxylation is 1. The number of rotatable bonds is 6. The van der Waals surface area contributed by atoms with Crippen molar-refractivity contribution in [3.63, 3.8) is 0 Å². The van der Waals surface area contributed by atoms with Crippen LogP contribution in [0, 0.1) is 12.8 Å². The first-order chi connectivity index (χ1) is 19.7. The van der Waals surface area contributed by atoms with Gasteiger partial charge in [0, 0.05) is 22.2 Å². The molecule has 1 heterocycles. The lowest BCUT2D eigenvalue weighted by molar-refractivity contribution is -0.129. The van der Waals surface area contributed by atoms with Gasteiger partial charge in [0.1, 0.15) is 6.04 Å². The highest BCUT2D eigenvalue weighted by atomic mass is 35.5. The van der Waals surface area contributed by atoms with E-state index in [-0.39, 0.29) is 49.1 Å². The molecule has 9 heteroatoms. The molecule has 0 aliphatic carbocycles. The molecule has 3 N–H and O–H groups in total. The van der Waals surface area contributed by atoms with Crippen molar-refractivity contribution in [3.8, 4) is 0 Å². The van der Waals surface area contributed by atoms with Gasteiger partial charge in [-0.15, -0.1) is 12.4 Å². The molecular formula is C33H34Cl2N4O3. The summed E-state index contributed by atoms with van der Waals surface area (Å²) in [5.41, 5.74) is 9.86. The van der Waals surface area contributed by atoms with Crippen LogP contribution in [0.5, 0.6) is 0 Å². The predicted octanol–water partition coefficient (Wildman–Crippen LogP) is 6.53. The standard InChI is InChI=1S/C33H33ClN4O3.ClH/c1-4-20(2)31(39)36-28-19-38(32(40)23-11-14-25(35)15-12-23)30-17-24(34)13-16-29(30)37(33(28)41)18-27-21(3)9-10-22-7-5-6-8-26(22)27;/h5-17,20,28H,4,18-19,35H2,1-3H3,(H,36,39);1H/t20-,28+;/m1./s1. The monoisotopic (exact) mass is 604 g/mol. The van der Waals surface area contributed by atoms with E-state index in [9.17, 15) is 14.4 Å². The Hall–Kier alpha value is -4.07. The number of halogens is 2. The molecule has 0 radical (unpaired) electrons. The Morgan fingerprint density at radius 3 is 2.45 bits per heavy atom. The molecule has 42 heavy (non-hydrogen) atoms. The van der Waals surface area contributed by atoms with Gasteiger partial charge in [-0.2, -0.15) is 0 Å². The minimum Gasteiger partial charge on any atom is -0.399 e. The van der Waals surface area contributed by atoms with Gasteiger partial charge in [0.2, 0.25) is 5.91 Å². The van der Waals surface area contributed by atoms with Crippen LogP contribution in [0.1, 0.15) is 41.8 Å². The number of amides is 3. The number of anilines is 3.